The van der Waals surface area contributed by atoms with Gasteiger partial charge in [-0.25, -0.2) is 13.2 Å². The van der Waals surface area contributed by atoms with Crippen LogP contribution in [0.15, 0.2) is 0 Å². The molecule has 2 fully saturated rings. The Bertz CT molecular complexity index is 329. The molecule has 4 unspecified atom stereocenters. The van der Waals surface area contributed by atoms with Crippen LogP contribution in [0.4, 0.5) is 13.2 Å². The molecule has 0 N–H and O–H groups in total. The lowest BCUT2D eigenvalue weighted by molar-refractivity contribution is -0.292. The van der Waals surface area contributed by atoms with Crippen molar-refractivity contribution < 1.29 is 27.4 Å². The lowest BCUT2D eigenvalue weighted by Crippen LogP contribution is -2.72. The largest absolute Gasteiger partial charge is 0.376 e. The zero-order valence-corrected chi connectivity index (χ0v) is 9.85. The monoisotopic (exact) mass is 272 g/mol. The first-order valence-electron chi connectivity index (χ1n) is 5.25. The molecule has 2 aliphatic rings. The van der Waals surface area contributed by atoms with E-state index in [1.54, 1.807) is 0 Å². The van der Waals surface area contributed by atoms with Crippen LogP contribution in [0.5, 0.6) is 0 Å². The van der Waals surface area contributed by atoms with Crippen molar-refractivity contribution in [3.05, 3.63) is 0 Å². The zero-order chi connectivity index (χ0) is 12.8. The Hall–Kier alpha value is -0.330. The number of ether oxygens (including phenoxy) is 2. The van der Waals surface area contributed by atoms with Gasteiger partial charge in [-0.3, -0.25) is 4.79 Å². The molecule has 1 heterocycles. The summed E-state index contributed by atoms with van der Waals surface area (Å²) in [6.45, 7) is 1.44. The van der Waals surface area contributed by atoms with Gasteiger partial charge in [0.05, 0.1) is 37.8 Å². The minimum Gasteiger partial charge on any atom is -0.376 e. The van der Waals surface area contributed by atoms with Crippen LogP contribution in [0.25, 0.3) is 0 Å². The summed E-state index contributed by atoms with van der Waals surface area (Å²) in [5.41, 5.74) is 0. The highest BCUT2D eigenvalue weighted by atomic mass is 35.5. The minimum absolute atomic E-state index is 0.0724. The third kappa shape index (κ3) is 1.77. The smallest absolute Gasteiger partial charge is 0.302 e. The lowest BCUT2D eigenvalue weighted by Gasteiger charge is -2.54. The molecule has 0 amide bonds. The van der Waals surface area contributed by atoms with E-state index in [1.165, 1.54) is 0 Å². The van der Waals surface area contributed by atoms with Gasteiger partial charge in [-0.15, -0.1) is 0 Å². The highest BCUT2D eigenvalue weighted by Gasteiger charge is 2.79. The van der Waals surface area contributed by atoms with Crippen molar-refractivity contribution in [3.63, 3.8) is 0 Å². The number of halogens is 4. The average molecular weight is 273 g/mol. The number of hydrogen-bond donors (Lipinski definition) is 0. The summed E-state index contributed by atoms with van der Waals surface area (Å²) in [5, 5.41) is -3.32. The van der Waals surface area contributed by atoms with E-state index in [1.807, 2.05) is 0 Å². The van der Waals surface area contributed by atoms with E-state index >= 15 is 0 Å². The molecule has 1 aliphatic carbocycles. The molecule has 0 aromatic carbocycles. The molecule has 2 rings (SSSR count). The quantitative estimate of drug-likeness (QED) is 0.719. The Morgan fingerprint density at radius 2 is 2.00 bits per heavy atom. The molecule has 0 radical (unpaired) electrons. The molecule has 7 heteroatoms. The SMILES string of the molecule is CC(=O)C1C(C2COCCO2)C(F)(F)C1(F)Cl. The van der Waals surface area contributed by atoms with Gasteiger partial charge in [0.1, 0.15) is 5.78 Å². The van der Waals surface area contributed by atoms with Gasteiger partial charge >= 0.3 is 5.92 Å². The summed E-state index contributed by atoms with van der Waals surface area (Å²) in [6, 6.07) is 0. The van der Waals surface area contributed by atoms with Crippen LogP contribution < -0.4 is 0 Å². The van der Waals surface area contributed by atoms with E-state index in [2.05, 4.69) is 0 Å². The molecule has 3 nitrogen and oxygen atoms in total. The minimum atomic E-state index is -3.78. The Kier molecular flexibility index (Phi) is 3.16. The van der Waals surface area contributed by atoms with E-state index < -0.39 is 34.8 Å². The van der Waals surface area contributed by atoms with Crippen molar-refractivity contribution in [2.45, 2.75) is 24.1 Å². The van der Waals surface area contributed by atoms with Gasteiger partial charge in [0, 0.05) is 0 Å². The van der Waals surface area contributed by atoms with Crippen molar-refractivity contribution in [1.82, 2.24) is 0 Å². The lowest BCUT2D eigenvalue weighted by atomic mass is 9.63. The number of carbonyl (C=O) groups is 1. The van der Waals surface area contributed by atoms with Crippen molar-refractivity contribution in [1.29, 1.82) is 0 Å². The van der Waals surface area contributed by atoms with Crippen LogP contribution in [-0.4, -0.2) is 42.8 Å². The molecule has 0 spiro atoms. The van der Waals surface area contributed by atoms with Gasteiger partial charge < -0.3 is 9.47 Å². The van der Waals surface area contributed by atoms with Crippen molar-refractivity contribution in [2.24, 2.45) is 11.8 Å². The highest BCUT2D eigenvalue weighted by Crippen LogP contribution is 2.62. The number of Topliss-reactive ketones (excluding diaryl/α,β-unsaturated/α-hetero) is 1. The maximum atomic E-state index is 13.6. The van der Waals surface area contributed by atoms with E-state index in [-0.39, 0.29) is 13.2 Å². The van der Waals surface area contributed by atoms with Crippen molar-refractivity contribution >= 4 is 17.4 Å². The molecule has 17 heavy (non-hydrogen) atoms. The van der Waals surface area contributed by atoms with E-state index in [4.69, 9.17) is 21.1 Å². The van der Waals surface area contributed by atoms with Crippen LogP contribution in [0.2, 0.25) is 0 Å². The Morgan fingerprint density at radius 1 is 1.35 bits per heavy atom. The molecule has 1 aliphatic heterocycles. The molecular formula is C10H12ClF3O3. The number of hydrogen-bond acceptors (Lipinski definition) is 3. The van der Waals surface area contributed by atoms with Crippen LogP contribution in [0.1, 0.15) is 6.92 Å². The molecular weight excluding hydrogens is 261 g/mol. The molecule has 0 bridgehead atoms. The topological polar surface area (TPSA) is 35.5 Å². The Morgan fingerprint density at radius 3 is 2.47 bits per heavy atom. The number of ketones is 1. The second kappa shape index (κ2) is 4.10. The van der Waals surface area contributed by atoms with Crippen LogP contribution >= 0.6 is 11.6 Å². The van der Waals surface area contributed by atoms with Crippen molar-refractivity contribution in [2.75, 3.05) is 19.8 Å². The fraction of sp³-hybridized carbons (Fsp3) is 0.900. The standard InChI is InChI=1S/C10H12ClF3O3/c1-5(15)7-8(6-4-16-2-3-17-6)10(13,14)9(7,11)12/h6-8H,2-4H2,1H3. The molecule has 1 saturated heterocycles. The maximum absolute atomic E-state index is 13.6. The summed E-state index contributed by atoms with van der Waals surface area (Å²) in [5.74, 6) is -7.59. The number of rotatable bonds is 2. The second-order valence-electron chi connectivity index (χ2n) is 4.34. The van der Waals surface area contributed by atoms with E-state index in [0.717, 1.165) is 6.92 Å². The van der Waals surface area contributed by atoms with Gasteiger partial charge in [0.15, 0.2) is 0 Å². The Labute approximate surface area is 101 Å². The fourth-order valence-electron chi connectivity index (χ4n) is 2.44. The van der Waals surface area contributed by atoms with E-state index in [9.17, 15) is 18.0 Å². The number of carbonyl (C=O) groups excluding carboxylic acids is 1. The number of alkyl halides is 4. The molecule has 98 valence electrons. The molecule has 0 aromatic heterocycles. The predicted octanol–water partition coefficient (Wildman–Crippen LogP) is 1.78. The summed E-state index contributed by atoms with van der Waals surface area (Å²) in [7, 11) is 0. The summed E-state index contributed by atoms with van der Waals surface area (Å²) < 4.78 is 50.9. The zero-order valence-electron chi connectivity index (χ0n) is 9.09. The first-order chi connectivity index (χ1) is 7.80. The molecule has 4 atom stereocenters. The summed E-state index contributed by atoms with van der Waals surface area (Å²) in [6.07, 6.45) is -0.990. The van der Waals surface area contributed by atoms with E-state index in [0.29, 0.717) is 6.61 Å². The molecule has 0 aromatic rings. The fourth-order valence-corrected chi connectivity index (χ4v) is 2.85. The highest BCUT2D eigenvalue weighted by molar-refractivity contribution is 6.26. The van der Waals surface area contributed by atoms with Crippen LogP contribution in [0, 0.1) is 11.8 Å². The average Bonchev–Trinajstić information content (AvgIpc) is 2.25. The van der Waals surface area contributed by atoms with Gasteiger partial charge in [0.25, 0.3) is 5.13 Å². The van der Waals surface area contributed by atoms with Gasteiger partial charge in [-0.1, -0.05) is 11.6 Å². The third-order valence-electron chi connectivity index (χ3n) is 3.29. The maximum Gasteiger partial charge on any atom is 0.302 e. The summed E-state index contributed by atoms with van der Waals surface area (Å²) >= 11 is 5.14. The second-order valence-corrected chi connectivity index (χ2v) is 4.89. The molecule has 1 saturated carbocycles. The third-order valence-corrected chi connectivity index (χ3v) is 3.78. The first kappa shape index (κ1) is 13.1. The van der Waals surface area contributed by atoms with Crippen LogP contribution in [-0.2, 0) is 14.3 Å². The van der Waals surface area contributed by atoms with Crippen molar-refractivity contribution in [3.8, 4) is 0 Å². The normalized spacial score (nSPS) is 45.1. The first-order valence-corrected chi connectivity index (χ1v) is 5.63. The predicted molar refractivity (Wildman–Crippen MR) is 52.9 cm³/mol. The Balaban J connectivity index is 2.22. The van der Waals surface area contributed by atoms with Gasteiger partial charge in [-0.2, -0.15) is 0 Å². The van der Waals surface area contributed by atoms with Gasteiger partial charge in [-0.05, 0) is 6.92 Å². The van der Waals surface area contributed by atoms with Gasteiger partial charge in [0.2, 0.25) is 0 Å². The van der Waals surface area contributed by atoms with Crippen LogP contribution in [0.3, 0.4) is 0 Å². The summed E-state index contributed by atoms with van der Waals surface area (Å²) in [4.78, 5) is 11.2.